The fraction of sp³-hybridized carbons (Fsp3) is 0.200. The zero-order valence-electron chi connectivity index (χ0n) is 13.7. The highest BCUT2D eigenvalue weighted by molar-refractivity contribution is 5.98. The van der Waals surface area contributed by atoms with Crippen molar-refractivity contribution in [2.24, 2.45) is 0 Å². The van der Waals surface area contributed by atoms with Gasteiger partial charge in [0.25, 0.3) is 0 Å². The summed E-state index contributed by atoms with van der Waals surface area (Å²) in [7, 11) is 0. The minimum absolute atomic E-state index is 0.161. The second kappa shape index (κ2) is 6.71. The lowest BCUT2D eigenvalue weighted by molar-refractivity contribution is -0.143. The van der Waals surface area contributed by atoms with Crippen LogP contribution in [0.25, 0.3) is 21.5 Å². The smallest absolute Gasteiger partial charge is 0.302 e. The topological polar surface area (TPSA) is 52.6 Å². The van der Waals surface area contributed by atoms with Crippen LogP contribution in [0.5, 0.6) is 0 Å². The van der Waals surface area contributed by atoms with Gasteiger partial charge in [-0.05, 0) is 56.9 Å². The molecule has 3 rings (SSSR count). The first-order valence-electron chi connectivity index (χ1n) is 7.74. The lowest BCUT2D eigenvalue weighted by atomic mass is 9.98. The lowest BCUT2D eigenvalue weighted by Gasteiger charge is -2.12. The second-order valence-corrected chi connectivity index (χ2v) is 5.73. The van der Waals surface area contributed by atoms with Gasteiger partial charge in [-0.25, -0.2) is 0 Å². The van der Waals surface area contributed by atoms with Gasteiger partial charge in [-0.1, -0.05) is 24.3 Å². The third-order valence-corrected chi connectivity index (χ3v) is 3.89. The maximum absolute atomic E-state index is 11.1. The Bertz CT molecular complexity index is 851. The summed E-state index contributed by atoms with van der Waals surface area (Å²) in [4.78, 5) is 22.3. The summed E-state index contributed by atoms with van der Waals surface area (Å²) < 4.78 is 10.3. The van der Waals surface area contributed by atoms with Crippen LogP contribution in [0.15, 0.2) is 48.5 Å². The molecule has 3 aromatic carbocycles. The van der Waals surface area contributed by atoms with E-state index >= 15 is 0 Å². The first kappa shape index (κ1) is 16.0. The number of fused-ring (bicyclic) bond motifs is 2. The molecule has 122 valence electrons. The predicted molar refractivity (Wildman–Crippen MR) is 92.4 cm³/mol. The molecule has 0 radical (unpaired) electrons. The number of rotatable bonds is 4. The van der Waals surface area contributed by atoms with Crippen LogP contribution < -0.4 is 0 Å². The molecule has 0 atom stereocenters. The fourth-order valence-electron chi connectivity index (χ4n) is 2.71. The van der Waals surface area contributed by atoms with Crippen LogP contribution in [-0.4, -0.2) is 11.9 Å². The van der Waals surface area contributed by atoms with Gasteiger partial charge in [-0.3, -0.25) is 9.59 Å². The van der Waals surface area contributed by atoms with Gasteiger partial charge in [0.15, 0.2) is 0 Å². The van der Waals surface area contributed by atoms with Crippen LogP contribution in [0.4, 0.5) is 0 Å². The van der Waals surface area contributed by atoms with E-state index in [-0.39, 0.29) is 25.2 Å². The minimum atomic E-state index is -0.341. The Kier molecular flexibility index (Phi) is 4.47. The average molecular weight is 322 g/mol. The Hall–Kier alpha value is -2.88. The van der Waals surface area contributed by atoms with E-state index in [0.29, 0.717) is 0 Å². The summed E-state index contributed by atoms with van der Waals surface area (Å²) in [6.07, 6.45) is 0. The molecule has 0 fully saturated rings. The van der Waals surface area contributed by atoms with Crippen LogP contribution in [0.2, 0.25) is 0 Å². The van der Waals surface area contributed by atoms with Crippen molar-refractivity contribution in [2.45, 2.75) is 27.1 Å². The molecule has 0 bridgehead atoms. The molecule has 24 heavy (non-hydrogen) atoms. The highest BCUT2D eigenvalue weighted by atomic mass is 16.5. The lowest BCUT2D eigenvalue weighted by Crippen LogP contribution is -2.05. The maximum Gasteiger partial charge on any atom is 0.302 e. The third kappa shape index (κ3) is 3.54. The molecule has 0 aliphatic rings. The molecule has 3 aromatic rings. The van der Waals surface area contributed by atoms with Gasteiger partial charge < -0.3 is 9.47 Å². The number of esters is 2. The summed E-state index contributed by atoms with van der Waals surface area (Å²) in [6.45, 7) is 3.07. The van der Waals surface area contributed by atoms with E-state index in [1.54, 1.807) is 0 Å². The summed E-state index contributed by atoms with van der Waals surface area (Å²) in [5.74, 6) is -0.681. The standard InChI is InChI=1S/C20H18O4/c1-13(21)23-11-19-9-17-7-15-5-3-4-6-16(15)8-18(17)10-20(19)12-24-14(2)22/h3-10H,11-12H2,1-2H3. The van der Waals surface area contributed by atoms with E-state index in [1.807, 2.05) is 24.3 Å². The van der Waals surface area contributed by atoms with Gasteiger partial charge >= 0.3 is 11.9 Å². The first-order valence-corrected chi connectivity index (χ1v) is 7.74. The number of carbonyl (C=O) groups is 2. The molecular formula is C20H18O4. The van der Waals surface area contributed by atoms with E-state index in [1.165, 1.54) is 13.8 Å². The van der Waals surface area contributed by atoms with Crippen LogP contribution in [0.1, 0.15) is 25.0 Å². The molecule has 0 saturated heterocycles. The summed E-state index contributed by atoms with van der Waals surface area (Å²) in [6, 6.07) is 16.3. The number of hydrogen-bond donors (Lipinski definition) is 0. The van der Waals surface area contributed by atoms with Crippen molar-refractivity contribution >= 4 is 33.5 Å². The monoisotopic (exact) mass is 322 g/mol. The maximum atomic E-state index is 11.1. The molecule has 0 amide bonds. The molecule has 0 spiro atoms. The molecule has 0 unspecified atom stereocenters. The molecule has 4 heteroatoms. The van der Waals surface area contributed by atoms with Crippen LogP contribution in [0, 0.1) is 0 Å². The van der Waals surface area contributed by atoms with E-state index in [2.05, 4.69) is 24.3 Å². The first-order chi connectivity index (χ1) is 11.5. The molecule has 0 saturated carbocycles. The van der Waals surface area contributed by atoms with Crippen molar-refractivity contribution in [3.63, 3.8) is 0 Å². The van der Waals surface area contributed by atoms with E-state index in [4.69, 9.17) is 9.47 Å². The predicted octanol–water partition coefficient (Wildman–Crippen LogP) is 4.12. The quantitative estimate of drug-likeness (QED) is 0.535. The van der Waals surface area contributed by atoms with Gasteiger partial charge in [0.1, 0.15) is 13.2 Å². The van der Waals surface area contributed by atoms with E-state index < -0.39 is 0 Å². The van der Waals surface area contributed by atoms with Gasteiger partial charge in [-0.2, -0.15) is 0 Å². The SMILES string of the molecule is CC(=O)OCc1cc2cc3ccccc3cc2cc1COC(C)=O. The minimum Gasteiger partial charge on any atom is -0.461 e. The fourth-order valence-corrected chi connectivity index (χ4v) is 2.71. The van der Waals surface area contributed by atoms with Crippen molar-refractivity contribution in [1.82, 2.24) is 0 Å². The highest BCUT2D eigenvalue weighted by Crippen LogP contribution is 2.27. The van der Waals surface area contributed by atoms with Crippen molar-refractivity contribution < 1.29 is 19.1 Å². The summed E-state index contributed by atoms with van der Waals surface area (Å²) in [5, 5.41) is 4.41. The Morgan fingerprint density at radius 1 is 0.708 bits per heavy atom. The summed E-state index contributed by atoms with van der Waals surface area (Å²) >= 11 is 0. The van der Waals surface area contributed by atoms with Crippen LogP contribution in [-0.2, 0) is 32.3 Å². The van der Waals surface area contributed by atoms with Gasteiger partial charge in [-0.15, -0.1) is 0 Å². The van der Waals surface area contributed by atoms with Gasteiger partial charge in [0.05, 0.1) is 0 Å². The van der Waals surface area contributed by atoms with Crippen molar-refractivity contribution in [3.05, 3.63) is 59.7 Å². The summed E-state index contributed by atoms with van der Waals surface area (Å²) in [5.41, 5.74) is 1.68. The third-order valence-electron chi connectivity index (χ3n) is 3.89. The molecule has 0 aliphatic carbocycles. The Balaban J connectivity index is 2.09. The largest absolute Gasteiger partial charge is 0.461 e. The zero-order chi connectivity index (χ0) is 17.1. The number of benzene rings is 3. The molecule has 0 aromatic heterocycles. The average Bonchev–Trinajstić information content (AvgIpc) is 2.55. The molecule has 0 heterocycles. The second-order valence-electron chi connectivity index (χ2n) is 5.73. The molecule has 4 nitrogen and oxygen atoms in total. The number of carbonyl (C=O) groups excluding carboxylic acids is 2. The molecule has 0 N–H and O–H groups in total. The van der Waals surface area contributed by atoms with Crippen LogP contribution in [0.3, 0.4) is 0 Å². The number of hydrogen-bond acceptors (Lipinski definition) is 4. The number of ether oxygens (including phenoxy) is 2. The van der Waals surface area contributed by atoms with E-state index in [0.717, 1.165) is 32.7 Å². The zero-order valence-corrected chi connectivity index (χ0v) is 13.7. The Morgan fingerprint density at radius 3 is 1.50 bits per heavy atom. The van der Waals surface area contributed by atoms with Gasteiger partial charge in [0, 0.05) is 13.8 Å². The van der Waals surface area contributed by atoms with Crippen molar-refractivity contribution in [1.29, 1.82) is 0 Å². The van der Waals surface area contributed by atoms with E-state index in [9.17, 15) is 9.59 Å². The van der Waals surface area contributed by atoms with Crippen molar-refractivity contribution in [2.75, 3.05) is 0 Å². The van der Waals surface area contributed by atoms with Gasteiger partial charge in [0.2, 0.25) is 0 Å². The Labute approximate surface area is 140 Å². The van der Waals surface area contributed by atoms with Crippen LogP contribution >= 0.6 is 0 Å². The highest BCUT2D eigenvalue weighted by Gasteiger charge is 2.09. The Morgan fingerprint density at radius 2 is 1.12 bits per heavy atom. The molecular weight excluding hydrogens is 304 g/mol. The normalized spacial score (nSPS) is 10.8. The molecule has 0 aliphatic heterocycles. The van der Waals surface area contributed by atoms with Crippen molar-refractivity contribution in [3.8, 4) is 0 Å².